The molecule has 1 aliphatic carbocycles. The molecular weight excluding hydrogens is 410 g/mol. The highest BCUT2D eigenvalue weighted by molar-refractivity contribution is 7.90. The molecule has 0 saturated heterocycles. The zero-order valence-corrected chi connectivity index (χ0v) is 16.9. The first kappa shape index (κ1) is 19.8. The Morgan fingerprint density at radius 1 is 1.37 bits per heavy atom. The van der Waals surface area contributed by atoms with E-state index in [0.29, 0.717) is 10.7 Å². The third-order valence-corrected chi connectivity index (χ3v) is 6.34. The summed E-state index contributed by atoms with van der Waals surface area (Å²) in [5, 5.41) is 8.90. The van der Waals surface area contributed by atoms with Crippen LogP contribution >= 0.6 is 22.9 Å². The number of oxime groups is 1. The van der Waals surface area contributed by atoms with E-state index >= 15 is 0 Å². The monoisotopic (exact) mass is 427 g/mol. The summed E-state index contributed by atoms with van der Waals surface area (Å²) in [6.07, 6.45) is 6.52. The molecule has 1 aromatic heterocycles. The molecule has 10 heteroatoms. The lowest BCUT2D eigenvalue weighted by Gasteiger charge is -2.11. The zero-order valence-electron chi connectivity index (χ0n) is 14.5. The Bertz CT molecular complexity index is 953. The summed E-state index contributed by atoms with van der Waals surface area (Å²) in [5.41, 5.74) is 0.374. The summed E-state index contributed by atoms with van der Waals surface area (Å²) in [6, 6.07) is 4.24. The van der Waals surface area contributed by atoms with Crippen molar-refractivity contribution >= 4 is 49.5 Å². The standard InChI is InChI=1S/C17H18ClN3O4S2/c1-27(23,24)14-7-6-11(10-13(14)18)15(21-25-12-4-2-3-5-12)16(22)20-17-19-8-9-26-17/h6-10,12H,2-5H2,1H3,(H,19,20,22)/b21-15+. The molecule has 7 nitrogen and oxygen atoms in total. The van der Waals surface area contributed by atoms with Gasteiger partial charge in [0.2, 0.25) is 0 Å². The number of nitrogens with one attached hydrogen (secondary N) is 1. The van der Waals surface area contributed by atoms with Crippen LogP contribution in [0.4, 0.5) is 5.13 Å². The number of benzene rings is 1. The van der Waals surface area contributed by atoms with Gasteiger partial charge in [0.05, 0.1) is 9.92 Å². The summed E-state index contributed by atoms with van der Waals surface area (Å²) < 4.78 is 23.5. The number of carbonyl (C=O) groups is 1. The van der Waals surface area contributed by atoms with Crippen LogP contribution in [-0.2, 0) is 19.5 Å². The maximum absolute atomic E-state index is 12.7. The number of halogens is 1. The average molecular weight is 428 g/mol. The van der Waals surface area contributed by atoms with Crippen molar-refractivity contribution in [2.75, 3.05) is 11.6 Å². The molecule has 3 rings (SSSR count). The number of nitrogens with zero attached hydrogens (tertiary/aromatic N) is 2. The van der Waals surface area contributed by atoms with Gasteiger partial charge in [-0.15, -0.1) is 11.3 Å². The Morgan fingerprint density at radius 2 is 2.11 bits per heavy atom. The Balaban J connectivity index is 1.91. The van der Waals surface area contributed by atoms with Crippen LogP contribution < -0.4 is 5.32 Å². The molecule has 144 valence electrons. The van der Waals surface area contributed by atoms with E-state index < -0.39 is 15.7 Å². The van der Waals surface area contributed by atoms with Crippen LogP contribution in [-0.4, -0.2) is 37.4 Å². The molecule has 1 aliphatic rings. The Hall–Kier alpha value is -1.97. The summed E-state index contributed by atoms with van der Waals surface area (Å²) in [7, 11) is -3.47. The molecule has 27 heavy (non-hydrogen) atoms. The van der Waals surface area contributed by atoms with Crippen molar-refractivity contribution in [3.8, 4) is 0 Å². The van der Waals surface area contributed by atoms with Crippen molar-refractivity contribution in [3.63, 3.8) is 0 Å². The van der Waals surface area contributed by atoms with Crippen molar-refractivity contribution in [2.24, 2.45) is 5.16 Å². The van der Waals surface area contributed by atoms with E-state index in [1.807, 2.05) is 0 Å². The van der Waals surface area contributed by atoms with Gasteiger partial charge in [-0.05, 0) is 37.8 Å². The van der Waals surface area contributed by atoms with Crippen LogP contribution in [0.1, 0.15) is 31.2 Å². The second kappa shape index (κ2) is 8.37. The third kappa shape index (κ3) is 5.06. The van der Waals surface area contributed by atoms with Crippen LogP contribution in [0, 0.1) is 0 Å². The number of anilines is 1. The van der Waals surface area contributed by atoms with Crippen molar-refractivity contribution in [3.05, 3.63) is 40.4 Å². The Labute approximate surface area is 166 Å². The third-order valence-electron chi connectivity index (χ3n) is 4.07. The van der Waals surface area contributed by atoms with E-state index in [1.54, 1.807) is 11.6 Å². The quantitative estimate of drug-likeness (QED) is 0.562. The van der Waals surface area contributed by atoms with Crippen LogP contribution in [0.5, 0.6) is 0 Å². The van der Waals surface area contributed by atoms with Crippen molar-refractivity contribution in [1.29, 1.82) is 0 Å². The Kier molecular flexibility index (Phi) is 6.13. The van der Waals surface area contributed by atoms with Gasteiger partial charge < -0.3 is 4.84 Å². The summed E-state index contributed by atoms with van der Waals surface area (Å²) >= 11 is 7.39. The molecule has 2 aromatic rings. The molecular formula is C17H18ClN3O4S2. The minimum atomic E-state index is -3.47. The number of carbonyl (C=O) groups excluding carboxylic acids is 1. The summed E-state index contributed by atoms with van der Waals surface area (Å²) in [6.45, 7) is 0. The van der Waals surface area contributed by atoms with Crippen LogP contribution in [0.3, 0.4) is 0 Å². The molecule has 0 unspecified atom stereocenters. The summed E-state index contributed by atoms with van der Waals surface area (Å²) in [5.74, 6) is -0.508. The fourth-order valence-electron chi connectivity index (χ4n) is 2.74. The van der Waals surface area contributed by atoms with Gasteiger partial charge in [0.25, 0.3) is 5.91 Å². The number of hydrogen-bond donors (Lipinski definition) is 1. The predicted molar refractivity (Wildman–Crippen MR) is 105 cm³/mol. The molecule has 0 spiro atoms. The number of hydrogen-bond acceptors (Lipinski definition) is 7. The van der Waals surface area contributed by atoms with E-state index in [9.17, 15) is 13.2 Å². The molecule has 0 aliphatic heterocycles. The lowest BCUT2D eigenvalue weighted by molar-refractivity contribution is -0.110. The minimum Gasteiger partial charge on any atom is -0.392 e. The highest BCUT2D eigenvalue weighted by atomic mass is 35.5. The van der Waals surface area contributed by atoms with Gasteiger partial charge >= 0.3 is 0 Å². The minimum absolute atomic E-state index is 0.00990. The van der Waals surface area contributed by atoms with Gasteiger partial charge in [0.15, 0.2) is 20.7 Å². The highest BCUT2D eigenvalue weighted by Crippen LogP contribution is 2.25. The molecule has 0 atom stereocenters. The normalized spacial score (nSPS) is 15.7. The Morgan fingerprint density at radius 3 is 2.70 bits per heavy atom. The lowest BCUT2D eigenvalue weighted by atomic mass is 10.1. The van der Waals surface area contributed by atoms with E-state index in [0.717, 1.165) is 31.9 Å². The van der Waals surface area contributed by atoms with Crippen LogP contribution in [0.15, 0.2) is 39.8 Å². The molecule has 1 aromatic carbocycles. The van der Waals surface area contributed by atoms with E-state index in [2.05, 4.69) is 15.5 Å². The van der Waals surface area contributed by atoms with Crippen molar-refractivity contribution < 1.29 is 18.0 Å². The van der Waals surface area contributed by atoms with Gasteiger partial charge in [-0.25, -0.2) is 13.4 Å². The second-order valence-electron chi connectivity index (χ2n) is 6.16. The molecule has 1 heterocycles. The largest absolute Gasteiger partial charge is 0.392 e. The lowest BCUT2D eigenvalue weighted by Crippen LogP contribution is -2.25. The average Bonchev–Trinajstić information content (AvgIpc) is 3.27. The first-order valence-corrected chi connectivity index (χ1v) is 11.4. The van der Waals surface area contributed by atoms with Crippen LogP contribution in [0.2, 0.25) is 5.02 Å². The van der Waals surface area contributed by atoms with Gasteiger partial charge in [-0.1, -0.05) is 22.8 Å². The van der Waals surface area contributed by atoms with E-state index in [4.69, 9.17) is 16.4 Å². The number of aromatic nitrogens is 1. The molecule has 1 N–H and O–H groups in total. The number of sulfone groups is 1. The van der Waals surface area contributed by atoms with Gasteiger partial charge in [0.1, 0.15) is 6.10 Å². The van der Waals surface area contributed by atoms with E-state index in [1.165, 1.54) is 29.5 Å². The molecule has 1 fully saturated rings. The summed E-state index contributed by atoms with van der Waals surface area (Å²) in [4.78, 5) is 22.2. The topological polar surface area (TPSA) is 97.7 Å². The molecule has 0 bridgehead atoms. The van der Waals surface area contributed by atoms with E-state index in [-0.39, 0.29) is 21.7 Å². The van der Waals surface area contributed by atoms with Crippen LogP contribution in [0.25, 0.3) is 0 Å². The maximum Gasteiger partial charge on any atom is 0.280 e. The SMILES string of the molecule is CS(=O)(=O)c1ccc(/C(=N\OC2CCCC2)C(=O)Nc2nccs2)cc1Cl. The second-order valence-corrected chi connectivity index (χ2v) is 9.45. The highest BCUT2D eigenvalue weighted by Gasteiger charge is 2.22. The number of rotatable bonds is 6. The van der Waals surface area contributed by atoms with Gasteiger partial charge in [0, 0.05) is 23.4 Å². The molecule has 1 amide bonds. The van der Waals surface area contributed by atoms with Crippen molar-refractivity contribution in [2.45, 2.75) is 36.7 Å². The number of amides is 1. The maximum atomic E-state index is 12.7. The fraction of sp³-hybridized carbons (Fsp3) is 0.353. The smallest absolute Gasteiger partial charge is 0.280 e. The zero-order chi connectivity index (χ0) is 19.4. The molecule has 0 radical (unpaired) electrons. The fourth-order valence-corrected chi connectivity index (χ4v) is 4.59. The van der Waals surface area contributed by atoms with Gasteiger partial charge in [-0.3, -0.25) is 10.1 Å². The predicted octanol–water partition coefficient (Wildman–Crippen LogP) is 3.50. The first-order chi connectivity index (χ1) is 12.8. The van der Waals surface area contributed by atoms with Gasteiger partial charge in [-0.2, -0.15) is 0 Å². The molecule has 1 saturated carbocycles. The number of thiazole rings is 1. The van der Waals surface area contributed by atoms with Crippen molar-refractivity contribution in [1.82, 2.24) is 4.98 Å². The first-order valence-electron chi connectivity index (χ1n) is 8.29.